The topological polar surface area (TPSA) is 78.8 Å². The van der Waals surface area contributed by atoms with Crippen LogP contribution >= 0.6 is 0 Å². The van der Waals surface area contributed by atoms with Crippen LogP contribution in [0.15, 0.2) is 12.1 Å². The lowest BCUT2D eigenvalue weighted by Gasteiger charge is -2.18. The number of benzene rings is 1. The minimum absolute atomic E-state index is 0.0448. The fourth-order valence-corrected chi connectivity index (χ4v) is 1.60. The quantitative estimate of drug-likeness (QED) is 0.676. The van der Waals surface area contributed by atoms with Crippen LogP contribution in [0.2, 0.25) is 0 Å². The minimum atomic E-state index is -1.47. The van der Waals surface area contributed by atoms with Gasteiger partial charge in [-0.05, 0) is 24.7 Å². The Hall–Kier alpha value is -1.57. The first-order valence-corrected chi connectivity index (χ1v) is 5.50. The SMILES string of the molecule is CNCC(O)C(O)c1cc(F)c(C(=O)OC)c(F)c1. The van der Waals surface area contributed by atoms with Crippen LogP contribution < -0.4 is 5.32 Å². The summed E-state index contributed by atoms with van der Waals surface area (Å²) in [7, 11) is 2.55. The summed E-state index contributed by atoms with van der Waals surface area (Å²) in [6.45, 7) is 0.0448. The summed E-state index contributed by atoms with van der Waals surface area (Å²) >= 11 is 0. The summed E-state index contributed by atoms with van der Waals surface area (Å²) in [6.07, 6.45) is -2.70. The molecule has 0 saturated heterocycles. The lowest BCUT2D eigenvalue weighted by molar-refractivity contribution is 0.0198. The number of aliphatic hydroxyl groups excluding tert-OH is 2. The van der Waals surface area contributed by atoms with Crippen molar-refractivity contribution in [3.63, 3.8) is 0 Å². The van der Waals surface area contributed by atoms with Crippen molar-refractivity contribution in [2.45, 2.75) is 12.2 Å². The van der Waals surface area contributed by atoms with E-state index >= 15 is 0 Å². The van der Waals surface area contributed by atoms with Crippen molar-refractivity contribution < 1.29 is 28.5 Å². The van der Waals surface area contributed by atoms with Crippen LogP contribution in [-0.2, 0) is 4.74 Å². The zero-order valence-electron chi connectivity index (χ0n) is 10.5. The molecule has 0 aliphatic rings. The minimum Gasteiger partial charge on any atom is -0.465 e. The van der Waals surface area contributed by atoms with Crippen LogP contribution in [0, 0.1) is 11.6 Å². The Morgan fingerprint density at radius 2 is 1.89 bits per heavy atom. The van der Waals surface area contributed by atoms with E-state index in [1.807, 2.05) is 0 Å². The maximum absolute atomic E-state index is 13.6. The summed E-state index contributed by atoms with van der Waals surface area (Å²) in [5.74, 6) is -3.46. The highest BCUT2D eigenvalue weighted by atomic mass is 19.1. The van der Waals surface area contributed by atoms with E-state index in [0.717, 1.165) is 19.2 Å². The van der Waals surface area contributed by atoms with Gasteiger partial charge in [-0.1, -0.05) is 0 Å². The smallest absolute Gasteiger partial charge is 0.343 e. The van der Waals surface area contributed by atoms with Gasteiger partial charge in [0, 0.05) is 6.54 Å². The second kappa shape index (κ2) is 6.55. The van der Waals surface area contributed by atoms with Crippen molar-refractivity contribution in [3.8, 4) is 0 Å². The Morgan fingerprint density at radius 1 is 1.37 bits per heavy atom. The zero-order valence-corrected chi connectivity index (χ0v) is 10.5. The van der Waals surface area contributed by atoms with Crippen molar-refractivity contribution in [1.82, 2.24) is 5.32 Å². The summed E-state index contributed by atoms with van der Waals surface area (Å²) < 4.78 is 31.5. The van der Waals surface area contributed by atoms with Crippen LogP contribution in [0.5, 0.6) is 0 Å². The highest BCUT2D eigenvalue weighted by Crippen LogP contribution is 2.23. The molecular formula is C12H15F2NO4. The lowest BCUT2D eigenvalue weighted by Crippen LogP contribution is -2.29. The Morgan fingerprint density at radius 3 is 2.32 bits per heavy atom. The molecule has 3 N–H and O–H groups in total. The summed E-state index contributed by atoms with van der Waals surface area (Å²) in [5.41, 5.74) is -0.994. The third-order valence-corrected chi connectivity index (χ3v) is 2.57. The third kappa shape index (κ3) is 3.46. The Kier molecular flexibility index (Phi) is 5.34. The van der Waals surface area contributed by atoms with Crippen LogP contribution in [0.1, 0.15) is 22.0 Å². The molecule has 0 saturated carbocycles. The molecule has 2 unspecified atom stereocenters. The molecule has 106 valence electrons. The lowest BCUT2D eigenvalue weighted by atomic mass is 10.0. The van der Waals surface area contributed by atoms with E-state index in [-0.39, 0.29) is 12.1 Å². The number of carbonyl (C=O) groups is 1. The maximum Gasteiger partial charge on any atom is 0.343 e. The third-order valence-electron chi connectivity index (χ3n) is 2.57. The molecule has 2 atom stereocenters. The second-order valence-electron chi connectivity index (χ2n) is 3.92. The number of rotatable bonds is 5. The molecule has 0 amide bonds. The highest BCUT2D eigenvalue weighted by molar-refractivity contribution is 5.90. The molecule has 7 heteroatoms. The van der Waals surface area contributed by atoms with Crippen molar-refractivity contribution >= 4 is 5.97 Å². The van der Waals surface area contributed by atoms with Crippen molar-refractivity contribution in [2.24, 2.45) is 0 Å². The Balaban J connectivity index is 3.10. The van der Waals surface area contributed by atoms with Gasteiger partial charge >= 0.3 is 5.97 Å². The highest BCUT2D eigenvalue weighted by Gasteiger charge is 2.24. The predicted octanol–water partition coefficient (Wildman–Crippen LogP) is 0.365. The standard InChI is InChI=1S/C12H15F2NO4/c1-15-5-9(16)11(17)6-3-7(13)10(8(14)4-6)12(18)19-2/h3-4,9,11,15-17H,5H2,1-2H3. The predicted molar refractivity (Wildman–Crippen MR) is 62.6 cm³/mol. The molecule has 0 aliphatic carbocycles. The Labute approximate surface area is 108 Å². The van der Waals surface area contributed by atoms with E-state index in [1.165, 1.54) is 0 Å². The number of esters is 1. The van der Waals surface area contributed by atoms with Crippen LogP contribution in [0.4, 0.5) is 8.78 Å². The van der Waals surface area contributed by atoms with Gasteiger partial charge in [0.2, 0.25) is 0 Å². The molecule has 5 nitrogen and oxygen atoms in total. The van der Waals surface area contributed by atoms with Gasteiger partial charge in [0.25, 0.3) is 0 Å². The van der Waals surface area contributed by atoms with Gasteiger partial charge in [0.15, 0.2) is 0 Å². The van der Waals surface area contributed by atoms with Gasteiger partial charge in [-0.15, -0.1) is 0 Å². The number of ether oxygens (including phenoxy) is 1. The van der Waals surface area contributed by atoms with Gasteiger partial charge in [0.05, 0.1) is 13.2 Å². The van der Waals surface area contributed by atoms with E-state index in [0.29, 0.717) is 0 Å². The molecule has 0 radical (unpaired) electrons. The first kappa shape index (κ1) is 15.5. The molecular weight excluding hydrogens is 260 g/mol. The average Bonchev–Trinajstić information content (AvgIpc) is 2.36. The summed E-state index contributed by atoms with van der Waals surface area (Å²) in [4.78, 5) is 11.1. The number of hydrogen-bond donors (Lipinski definition) is 3. The molecule has 0 aliphatic heterocycles. The van der Waals surface area contributed by atoms with Gasteiger partial charge in [-0.2, -0.15) is 0 Å². The number of methoxy groups -OCH3 is 1. The molecule has 1 aromatic rings. The van der Waals surface area contributed by atoms with Gasteiger partial charge < -0.3 is 20.3 Å². The van der Waals surface area contributed by atoms with Crippen LogP contribution in [0.25, 0.3) is 0 Å². The molecule has 0 aromatic heterocycles. The van der Waals surface area contributed by atoms with E-state index in [2.05, 4.69) is 10.1 Å². The van der Waals surface area contributed by atoms with Crippen molar-refractivity contribution in [2.75, 3.05) is 20.7 Å². The van der Waals surface area contributed by atoms with Gasteiger partial charge in [0.1, 0.15) is 23.3 Å². The first-order valence-electron chi connectivity index (χ1n) is 5.50. The molecule has 0 spiro atoms. The molecule has 0 fully saturated rings. The number of halogens is 2. The van der Waals surface area contributed by atoms with E-state index in [1.54, 1.807) is 7.05 Å². The average molecular weight is 275 g/mol. The van der Waals surface area contributed by atoms with Crippen LogP contribution in [-0.4, -0.2) is 43.0 Å². The maximum atomic E-state index is 13.6. The fraction of sp³-hybridized carbons (Fsp3) is 0.417. The van der Waals surface area contributed by atoms with Crippen molar-refractivity contribution in [3.05, 3.63) is 34.9 Å². The molecule has 0 heterocycles. The molecule has 19 heavy (non-hydrogen) atoms. The molecule has 1 aromatic carbocycles. The number of hydrogen-bond acceptors (Lipinski definition) is 5. The second-order valence-corrected chi connectivity index (χ2v) is 3.92. The molecule has 0 bridgehead atoms. The fourth-order valence-electron chi connectivity index (χ4n) is 1.60. The van der Waals surface area contributed by atoms with E-state index in [4.69, 9.17) is 0 Å². The number of nitrogens with one attached hydrogen (secondary N) is 1. The molecule has 1 rings (SSSR count). The Bertz CT molecular complexity index is 444. The summed E-state index contributed by atoms with van der Waals surface area (Å²) in [5, 5.41) is 21.9. The normalized spacial score (nSPS) is 14.0. The summed E-state index contributed by atoms with van der Waals surface area (Å²) in [6, 6.07) is 1.58. The van der Waals surface area contributed by atoms with Gasteiger partial charge in [-0.3, -0.25) is 0 Å². The van der Waals surface area contributed by atoms with E-state index in [9.17, 15) is 23.8 Å². The number of aliphatic hydroxyl groups is 2. The van der Waals surface area contributed by atoms with E-state index < -0.39 is 35.4 Å². The largest absolute Gasteiger partial charge is 0.465 e. The van der Waals surface area contributed by atoms with Crippen molar-refractivity contribution in [1.29, 1.82) is 0 Å². The monoisotopic (exact) mass is 275 g/mol. The zero-order chi connectivity index (χ0) is 14.6. The number of likely N-dealkylation sites (N-methyl/N-ethyl adjacent to an activating group) is 1. The van der Waals surface area contributed by atoms with Crippen LogP contribution in [0.3, 0.4) is 0 Å². The number of carbonyl (C=O) groups excluding carboxylic acids is 1. The van der Waals surface area contributed by atoms with Gasteiger partial charge in [-0.25, -0.2) is 13.6 Å². The first-order chi connectivity index (χ1) is 8.92.